The fraction of sp³-hybridized carbons (Fsp3) is 0.462. The van der Waals surface area contributed by atoms with Gasteiger partial charge in [-0.3, -0.25) is 10.1 Å². The van der Waals surface area contributed by atoms with Gasteiger partial charge < -0.3 is 5.73 Å². The third-order valence-electron chi connectivity index (χ3n) is 2.68. The van der Waals surface area contributed by atoms with Crippen LogP contribution < -0.4 is 5.73 Å². The second kappa shape index (κ2) is 6.12. The highest BCUT2D eigenvalue weighted by molar-refractivity contribution is 5.46. The van der Waals surface area contributed by atoms with Gasteiger partial charge in [-0.15, -0.1) is 0 Å². The summed E-state index contributed by atoms with van der Waals surface area (Å²) in [4.78, 5) is 10.1. The summed E-state index contributed by atoms with van der Waals surface area (Å²) in [7, 11) is 0. The maximum absolute atomic E-state index is 10.6. The van der Waals surface area contributed by atoms with Crippen LogP contribution in [0.15, 0.2) is 18.2 Å². The van der Waals surface area contributed by atoms with Crippen molar-refractivity contribution in [3.05, 3.63) is 39.4 Å². The van der Waals surface area contributed by atoms with Crippen LogP contribution in [-0.4, -0.2) is 11.0 Å². The zero-order valence-electron chi connectivity index (χ0n) is 10.6. The van der Waals surface area contributed by atoms with E-state index in [4.69, 9.17) is 11.0 Å². The minimum Gasteiger partial charge on any atom is -0.327 e. The molecule has 0 aromatic heterocycles. The molecule has 0 aliphatic carbocycles. The molecule has 0 spiro atoms. The Morgan fingerprint density at radius 3 is 2.67 bits per heavy atom. The molecule has 1 rings (SSSR count). The number of nitriles is 1. The normalized spacial score (nSPS) is 12.2. The van der Waals surface area contributed by atoms with Crippen molar-refractivity contribution in [1.29, 1.82) is 5.26 Å². The second-order valence-electron chi connectivity index (χ2n) is 4.80. The summed E-state index contributed by atoms with van der Waals surface area (Å²) in [6.45, 7) is 4.17. The molecule has 5 heteroatoms. The Balaban J connectivity index is 2.90. The van der Waals surface area contributed by atoms with Gasteiger partial charge in [0.25, 0.3) is 5.69 Å². The average molecular weight is 247 g/mol. The highest BCUT2D eigenvalue weighted by Gasteiger charge is 2.13. The van der Waals surface area contributed by atoms with Crippen molar-refractivity contribution >= 4 is 5.69 Å². The topological polar surface area (TPSA) is 92.9 Å². The van der Waals surface area contributed by atoms with Crippen LogP contribution in [0.3, 0.4) is 0 Å². The molecule has 0 heterocycles. The minimum atomic E-state index is -0.501. The van der Waals surface area contributed by atoms with Crippen molar-refractivity contribution in [2.45, 2.75) is 32.7 Å². The van der Waals surface area contributed by atoms with Gasteiger partial charge in [0.05, 0.1) is 16.6 Å². The average Bonchev–Trinajstić information content (AvgIpc) is 2.27. The number of nitro benzene ring substituents is 1. The Morgan fingerprint density at radius 2 is 2.17 bits per heavy atom. The monoisotopic (exact) mass is 247 g/mol. The lowest BCUT2D eigenvalue weighted by Crippen LogP contribution is -2.25. The standard InChI is InChI=1S/C13H17N3O2/c1-9(2)5-12(15)6-10-3-4-13(16(17)18)7-11(10)8-14/h3-4,7,9,12H,5-6,15H2,1-2H3. The van der Waals surface area contributed by atoms with Crippen LogP contribution >= 0.6 is 0 Å². The van der Waals surface area contributed by atoms with Crippen LogP contribution in [0.4, 0.5) is 5.69 Å². The van der Waals surface area contributed by atoms with E-state index in [0.717, 1.165) is 12.0 Å². The van der Waals surface area contributed by atoms with Crippen molar-refractivity contribution in [3.63, 3.8) is 0 Å². The Kier molecular flexibility index (Phi) is 4.81. The number of rotatable bonds is 5. The first-order chi connectivity index (χ1) is 8.43. The van der Waals surface area contributed by atoms with E-state index in [1.54, 1.807) is 6.07 Å². The Bertz CT molecular complexity index is 478. The van der Waals surface area contributed by atoms with Crippen LogP contribution in [0, 0.1) is 27.4 Å². The van der Waals surface area contributed by atoms with E-state index in [-0.39, 0.29) is 11.7 Å². The molecule has 96 valence electrons. The Hall–Kier alpha value is -1.93. The molecule has 1 aromatic rings. The maximum atomic E-state index is 10.6. The first-order valence-corrected chi connectivity index (χ1v) is 5.87. The van der Waals surface area contributed by atoms with Crippen LogP contribution in [0.1, 0.15) is 31.4 Å². The fourth-order valence-corrected chi connectivity index (χ4v) is 1.93. The van der Waals surface area contributed by atoms with E-state index in [0.29, 0.717) is 17.9 Å². The highest BCUT2D eigenvalue weighted by Crippen LogP contribution is 2.19. The third-order valence-corrected chi connectivity index (χ3v) is 2.68. The van der Waals surface area contributed by atoms with E-state index in [9.17, 15) is 10.1 Å². The van der Waals surface area contributed by atoms with Gasteiger partial charge in [-0.05, 0) is 24.3 Å². The van der Waals surface area contributed by atoms with Crippen LogP contribution in [0.2, 0.25) is 0 Å². The molecule has 0 aliphatic heterocycles. The number of nitro groups is 1. The molecule has 1 aromatic carbocycles. The largest absolute Gasteiger partial charge is 0.327 e. The summed E-state index contributed by atoms with van der Waals surface area (Å²) >= 11 is 0. The van der Waals surface area contributed by atoms with Crippen LogP contribution in [-0.2, 0) is 6.42 Å². The third kappa shape index (κ3) is 3.82. The molecule has 18 heavy (non-hydrogen) atoms. The number of non-ortho nitro benzene ring substituents is 1. The Labute approximate surface area is 106 Å². The lowest BCUT2D eigenvalue weighted by Gasteiger charge is -2.14. The van der Waals surface area contributed by atoms with Gasteiger partial charge in [-0.25, -0.2) is 0 Å². The molecular weight excluding hydrogens is 230 g/mol. The van der Waals surface area contributed by atoms with E-state index < -0.39 is 4.92 Å². The lowest BCUT2D eigenvalue weighted by atomic mass is 9.95. The van der Waals surface area contributed by atoms with Crippen molar-refractivity contribution in [2.24, 2.45) is 11.7 Å². The molecule has 1 unspecified atom stereocenters. The first-order valence-electron chi connectivity index (χ1n) is 5.87. The Morgan fingerprint density at radius 1 is 1.50 bits per heavy atom. The first kappa shape index (κ1) is 14.1. The van der Waals surface area contributed by atoms with Crippen LogP contribution in [0.5, 0.6) is 0 Å². The highest BCUT2D eigenvalue weighted by atomic mass is 16.6. The van der Waals surface area contributed by atoms with Gasteiger partial charge in [0.2, 0.25) is 0 Å². The summed E-state index contributed by atoms with van der Waals surface area (Å²) in [5.74, 6) is 0.489. The minimum absolute atomic E-state index is 0.0291. The van der Waals surface area contributed by atoms with E-state index in [2.05, 4.69) is 13.8 Å². The molecule has 0 aliphatic rings. The fourth-order valence-electron chi connectivity index (χ4n) is 1.93. The molecule has 0 radical (unpaired) electrons. The molecule has 0 amide bonds. The molecule has 1 atom stereocenters. The van der Waals surface area contributed by atoms with Crippen molar-refractivity contribution in [1.82, 2.24) is 0 Å². The summed E-state index contributed by atoms with van der Waals surface area (Å²) in [5.41, 5.74) is 7.03. The van der Waals surface area contributed by atoms with Gasteiger partial charge >= 0.3 is 0 Å². The van der Waals surface area contributed by atoms with Gasteiger partial charge in [0.1, 0.15) is 0 Å². The maximum Gasteiger partial charge on any atom is 0.270 e. The number of nitrogens with zero attached hydrogens (tertiary/aromatic N) is 2. The predicted octanol–water partition coefficient (Wildman–Crippen LogP) is 2.38. The van der Waals surface area contributed by atoms with Gasteiger partial charge in [-0.2, -0.15) is 5.26 Å². The summed E-state index contributed by atoms with van der Waals surface area (Å²) in [6.07, 6.45) is 1.43. The zero-order chi connectivity index (χ0) is 13.7. The van der Waals surface area contributed by atoms with Crippen molar-refractivity contribution < 1.29 is 4.92 Å². The van der Waals surface area contributed by atoms with Crippen LogP contribution in [0.25, 0.3) is 0 Å². The van der Waals surface area contributed by atoms with Gasteiger partial charge in [0.15, 0.2) is 0 Å². The molecule has 0 bridgehead atoms. The number of nitrogens with two attached hydrogens (primary N) is 1. The number of hydrogen-bond acceptors (Lipinski definition) is 4. The molecule has 5 nitrogen and oxygen atoms in total. The zero-order valence-corrected chi connectivity index (χ0v) is 10.6. The second-order valence-corrected chi connectivity index (χ2v) is 4.80. The predicted molar refractivity (Wildman–Crippen MR) is 68.9 cm³/mol. The quantitative estimate of drug-likeness (QED) is 0.638. The van der Waals surface area contributed by atoms with E-state index in [1.807, 2.05) is 6.07 Å². The van der Waals surface area contributed by atoms with Gasteiger partial charge in [0, 0.05) is 18.2 Å². The molecule has 0 saturated carbocycles. The van der Waals surface area contributed by atoms with E-state index >= 15 is 0 Å². The molecule has 0 fully saturated rings. The molecule has 2 N–H and O–H groups in total. The number of hydrogen-bond donors (Lipinski definition) is 1. The summed E-state index contributed by atoms with van der Waals surface area (Å²) < 4.78 is 0. The van der Waals surface area contributed by atoms with Crippen molar-refractivity contribution in [2.75, 3.05) is 0 Å². The summed E-state index contributed by atoms with van der Waals surface area (Å²) in [5, 5.41) is 19.6. The van der Waals surface area contributed by atoms with Gasteiger partial charge in [-0.1, -0.05) is 19.9 Å². The lowest BCUT2D eigenvalue weighted by molar-refractivity contribution is -0.384. The van der Waals surface area contributed by atoms with E-state index in [1.165, 1.54) is 12.1 Å². The summed E-state index contributed by atoms with van der Waals surface area (Å²) in [6, 6.07) is 6.30. The SMILES string of the molecule is CC(C)CC(N)Cc1ccc([N+](=O)[O-])cc1C#N. The van der Waals surface area contributed by atoms with Crippen molar-refractivity contribution in [3.8, 4) is 6.07 Å². The number of benzene rings is 1. The smallest absolute Gasteiger partial charge is 0.270 e. The molecule has 0 saturated heterocycles. The molecular formula is C13H17N3O2.